The zero-order chi connectivity index (χ0) is 12.8. The first-order valence-corrected chi connectivity index (χ1v) is 5.06. The Hall–Kier alpha value is -2.35. The molecule has 17 heavy (non-hydrogen) atoms. The average Bonchev–Trinajstić information content (AvgIpc) is 2.28. The fraction of sp³-hybridized carbons (Fsp3) is 0.250. The molecule has 2 N–H and O–H groups in total. The number of hydrogen-bond acceptors (Lipinski definition) is 3. The molecule has 5 nitrogen and oxygen atoms in total. The number of rotatable bonds is 4. The van der Waals surface area contributed by atoms with Crippen molar-refractivity contribution in [2.45, 2.75) is 13.3 Å². The summed E-state index contributed by atoms with van der Waals surface area (Å²) in [6, 6.07) is 8.51. The molecule has 1 atom stereocenters. The molecule has 0 aliphatic carbocycles. The van der Waals surface area contributed by atoms with E-state index >= 15 is 0 Å². The van der Waals surface area contributed by atoms with Crippen molar-refractivity contribution in [3.8, 4) is 6.07 Å². The molecule has 1 rings (SSSR count). The summed E-state index contributed by atoms with van der Waals surface area (Å²) in [5.41, 5.74) is 0.751. The Balaban J connectivity index is 2.75. The molecule has 88 valence electrons. The zero-order valence-corrected chi connectivity index (χ0v) is 9.30. The van der Waals surface area contributed by atoms with E-state index in [1.165, 1.54) is 6.92 Å². The van der Waals surface area contributed by atoms with Gasteiger partial charge in [-0.3, -0.25) is 9.59 Å². The third-order valence-corrected chi connectivity index (χ3v) is 2.23. The highest BCUT2D eigenvalue weighted by Crippen LogP contribution is 2.15. The minimum Gasteiger partial charge on any atom is -0.481 e. The molecule has 0 radical (unpaired) electrons. The standard InChI is InChI=1S/C12H12N2O3/c1-8(6-11(15)16)12(17)14-10-5-3-2-4-9(10)7-13/h2-5,8H,6H2,1H3,(H,14,17)(H,15,16). The van der Waals surface area contributed by atoms with Crippen molar-refractivity contribution in [3.63, 3.8) is 0 Å². The van der Waals surface area contributed by atoms with Crippen LogP contribution in [0.25, 0.3) is 0 Å². The van der Waals surface area contributed by atoms with Gasteiger partial charge in [0.15, 0.2) is 0 Å². The number of carbonyl (C=O) groups is 2. The van der Waals surface area contributed by atoms with E-state index in [1.54, 1.807) is 24.3 Å². The van der Waals surface area contributed by atoms with Crippen molar-refractivity contribution in [2.75, 3.05) is 5.32 Å². The van der Waals surface area contributed by atoms with Gasteiger partial charge in [0.1, 0.15) is 6.07 Å². The SMILES string of the molecule is CC(CC(=O)O)C(=O)Nc1ccccc1C#N. The van der Waals surface area contributed by atoms with Crippen LogP contribution in [0.3, 0.4) is 0 Å². The van der Waals surface area contributed by atoms with Gasteiger partial charge in [-0.2, -0.15) is 5.26 Å². The predicted octanol–water partition coefficient (Wildman–Crippen LogP) is 1.61. The zero-order valence-electron chi connectivity index (χ0n) is 9.30. The molecule has 0 fully saturated rings. The highest BCUT2D eigenvalue weighted by Gasteiger charge is 2.17. The first kappa shape index (κ1) is 12.7. The maximum Gasteiger partial charge on any atom is 0.304 e. The number of nitriles is 1. The Labute approximate surface area is 98.7 Å². The van der Waals surface area contributed by atoms with Crippen molar-refractivity contribution in [1.29, 1.82) is 5.26 Å². The van der Waals surface area contributed by atoms with Crippen LogP contribution in [-0.2, 0) is 9.59 Å². The number of benzene rings is 1. The predicted molar refractivity (Wildman–Crippen MR) is 61.2 cm³/mol. The first-order chi connectivity index (χ1) is 8.04. The summed E-state index contributed by atoms with van der Waals surface area (Å²) in [7, 11) is 0. The lowest BCUT2D eigenvalue weighted by Gasteiger charge is -2.10. The molecule has 5 heteroatoms. The van der Waals surface area contributed by atoms with E-state index in [9.17, 15) is 9.59 Å². The number of nitrogens with zero attached hydrogens (tertiary/aromatic N) is 1. The summed E-state index contributed by atoms with van der Waals surface area (Å²) in [5.74, 6) is -2.07. The van der Waals surface area contributed by atoms with Crippen LogP contribution >= 0.6 is 0 Å². The molecule has 0 aromatic heterocycles. The topological polar surface area (TPSA) is 90.2 Å². The van der Waals surface area contributed by atoms with Crippen LogP contribution in [0.2, 0.25) is 0 Å². The highest BCUT2D eigenvalue weighted by molar-refractivity contribution is 5.95. The third kappa shape index (κ3) is 3.61. The van der Waals surface area contributed by atoms with E-state index in [0.29, 0.717) is 11.3 Å². The lowest BCUT2D eigenvalue weighted by Crippen LogP contribution is -2.23. The van der Waals surface area contributed by atoms with Gasteiger partial charge in [-0.05, 0) is 12.1 Å². The fourth-order valence-corrected chi connectivity index (χ4v) is 1.30. The number of amides is 1. The molecule has 0 saturated heterocycles. The van der Waals surface area contributed by atoms with Crippen molar-refractivity contribution in [3.05, 3.63) is 29.8 Å². The normalized spacial score (nSPS) is 11.3. The molecule has 1 aromatic carbocycles. The summed E-state index contributed by atoms with van der Waals surface area (Å²) in [5, 5.41) is 19.9. The van der Waals surface area contributed by atoms with Gasteiger partial charge in [0, 0.05) is 5.92 Å². The second kappa shape index (κ2) is 5.66. The van der Waals surface area contributed by atoms with E-state index in [-0.39, 0.29) is 6.42 Å². The Bertz CT molecular complexity index is 477. The van der Waals surface area contributed by atoms with Gasteiger partial charge in [-0.15, -0.1) is 0 Å². The minimum atomic E-state index is -1.03. The van der Waals surface area contributed by atoms with Crippen LogP contribution in [0.1, 0.15) is 18.9 Å². The summed E-state index contributed by atoms with van der Waals surface area (Å²) < 4.78 is 0. The second-order valence-corrected chi connectivity index (χ2v) is 3.65. The van der Waals surface area contributed by atoms with Gasteiger partial charge in [0.2, 0.25) is 5.91 Å². The molecule has 0 aliphatic heterocycles. The van der Waals surface area contributed by atoms with Gasteiger partial charge in [0.25, 0.3) is 0 Å². The van der Waals surface area contributed by atoms with Gasteiger partial charge in [-0.25, -0.2) is 0 Å². The summed E-state index contributed by atoms with van der Waals surface area (Å²) >= 11 is 0. The van der Waals surface area contributed by atoms with Gasteiger partial charge < -0.3 is 10.4 Å². The molecule has 1 unspecified atom stereocenters. The molecule has 0 spiro atoms. The second-order valence-electron chi connectivity index (χ2n) is 3.65. The van der Waals surface area contributed by atoms with E-state index in [1.807, 2.05) is 6.07 Å². The van der Waals surface area contributed by atoms with Crippen molar-refractivity contribution >= 4 is 17.6 Å². The quantitative estimate of drug-likeness (QED) is 0.825. The maximum atomic E-state index is 11.6. The number of hydrogen-bond donors (Lipinski definition) is 2. The van der Waals surface area contributed by atoms with Crippen LogP contribution < -0.4 is 5.32 Å². The molecule has 0 bridgehead atoms. The number of para-hydroxylation sites is 1. The van der Waals surface area contributed by atoms with E-state index in [4.69, 9.17) is 10.4 Å². The van der Waals surface area contributed by atoms with Crippen molar-refractivity contribution < 1.29 is 14.7 Å². The third-order valence-electron chi connectivity index (χ3n) is 2.23. The Kier molecular flexibility index (Phi) is 4.23. The monoisotopic (exact) mass is 232 g/mol. The molecule has 1 aromatic rings. The smallest absolute Gasteiger partial charge is 0.304 e. The van der Waals surface area contributed by atoms with Gasteiger partial charge in [0.05, 0.1) is 17.7 Å². The lowest BCUT2D eigenvalue weighted by atomic mass is 10.1. The number of carboxylic acids is 1. The average molecular weight is 232 g/mol. The van der Waals surface area contributed by atoms with E-state index < -0.39 is 17.8 Å². The van der Waals surface area contributed by atoms with E-state index in [2.05, 4.69) is 5.32 Å². The molecule has 1 amide bonds. The Morgan fingerprint density at radius 3 is 2.71 bits per heavy atom. The van der Waals surface area contributed by atoms with Gasteiger partial charge in [-0.1, -0.05) is 19.1 Å². The largest absolute Gasteiger partial charge is 0.481 e. The number of nitrogens with one attached hydrogen (secondary N) is 1. The molecular weight excluding hydrogens is 220 g/mol. The van der Waals surface area contributed by atoms with Crippen molar-refractivity contribution in [1.82, 2.24) is 0 Å². The van der Waals surface area contributed by atoms with Crippen LogP contribution in [0.5, 0.6) is 0 Å². The van der Waals surface area contributed by atoms with Crippen LogP contribution in [0.15, 0.2) is 24.3 Å². The number of anilines is 1. The Morgan fingerprint density at radius 2 is 2.12 bits per heavy atom. The van der Waals surface area contributed by atoms with Crippen LogP contribution in [0.4, 0.5) is 5.69 Å². The fourth-order valence-electron chi connectivity index (χ4n) is 1.30. The molecule has 0 aliphatic rings. The Morgan fingerprint density at radius 1 is 1.47 bits per heavy atom. The molecule has 0 saturated carbocycles. The highest BCUT2D eigenvalue weighted by atomic mass is 16.4. The molecular formula is C12H12N2O3. The van der Waals surface area contributed by atoms with E-state index in [0.717, 1.165) is 0 Å². The lowest BCUT2D eigenvalue weighted by molar-refractivity contribution is -0.139. The summed E-state index contributed by atoms with van der Waals surface area (Å²) in [6.45, 7) is 1.53. The number of carboxylic acid groups (broad SMARTS) is 1. The van der Waals surface area contributed by atoms with Crippen molar-refractivity contribution in [2.24, 2.45) is 5.92 Å². The van der Waals surface area contributed by atoms with Crippen LogP contribution in [0, 0.1) is 17.2 Å². The number of aliphatic carboxylic acids is 1. The van der Waals surface area contributed by atoms with Crippen LogP contribution in [-0.4, -0.2) is 17.0 Å². The summed E-state index contributed by atoms with van der Waals surface area (Å²) in [4.78, 5) is 22.1. The minimum absolute atomic E-state index is 0.236. The first-order valence-electron chi connectivity index (χ1n) is 5.06. The maximum absolute atomic E-state index is 11.6. The molecule has 0 heterocycles. The summed E-state index contributed by atoms with van der Waals surface area (Å²) in [6.07, 6.45) is -0.236. The van der Waals surface area contributed by atoms with Gasteiger partial charge >= 0.3 is 5.97 Å². The number of carbonyl (C=O) groups excluding carboxylic acids is 1.